The van der Waals surface area contributed by atoms with E-state index in [1.807, 2.05) is 37.3 Å². The molecule has 2 aliphatic heterocycles. The average Bonchev–Trinajstić information content (AvgIpc) is 3.39. The first-order chi connectivity index (χ1) is 21.7. The van der Waals surface area contributed by atoms with Crippen LogP contribution in [-0.4, -0.2) is 64.5 Å². The molecule has 2 heterocycles. The molecule has 4 amide bonds. The second kappa shape index (κ2) is 12.2. The Hall–Kier alpha value is -4.31. The lowest BCUT2D eigenvalue weighted by molar-refractivity contribution is -0.141. The quantitative estimate of drug-likeness (QED) is 0.220. The molecule has 6 rings (SSSR count). The highest BCUT2D eigenvalue weighted by Crippen LogP contribution is 2.64. The molecule has 0 bridgehead atoms. The molecule has 0 aromatic heterocycles. The van der Waals surface area contributed by atoms with Crippen LogP contribution in [0.25, 0.3) is 0 Å². The van der Waals surface area contributed by atoms with Gasteiger partial charge < -0.3 is 14.9 Å². The van der Waals surface area contributed by atoms with E-state index in [1.165, 1.54) is 9.80 Å². The number of carbonyl (C=O) groups excluding carboxylic acids is 4. The van der Waals surface area contributed by atoms with E-state index in [0.29, 0.717) is 42.7 Å². The number of carbonyl (C=O) groups is 5. The summed E-state index contributed by atoms with van der Waals surface area (Å²) in [4.78, 5) is 69.8. The first kappa shape index (κ1) is 30.7. The van der Waals surface area contributed by atoms with Crippen molar-refractivity contribution >= 4 is 35.3 Å². The molecule has 2 aromatic rings. The number of hydrogen-bond acceptors (Lipinski definition) is 7. The van der Waals surface area contributed by atoms with Crippen LogP contribution in [0.3, 0.4) is 0 Å². The topological polar surface area (TPSA) is 142 Å². The lowest BCUT2D eigenvalue weighted by atomic mass is 9.51. The summed E-state index contributed by atoms with van der Waals surface area (Å²) < 4.78 is 5.95. The molecule has 6 unspecified atom stereocenters. The fourth-order valence-electron chi connectivity index (χ4n) is 8.20. The van der Waals surface area contributed by atoms with Gasteiger partial charge in [-0.1, -0.05) is 54.5 Å². The van der Waals surface area contributed by atoms with Crippen molar-refractivity contribution in [2.45, 2.75) is 51.4 Å². The Labute approximate surface area is 261 Å². The van der Waals surface area contributed by atoms with Crippen LogP contribution in [0.5, 0.6) is 5.75 Å². The van der Waals surface area contributed by atoms with Crippen molar-refractivity contribution < 1.29 is 38.9 Å². The summed E-state index contributed by atoms with van der Waals surface area (Å²) in [5.41, 5.74) is 0.880. The number of likely N-dealkylation sites (tertiary alicyclic amines) is 1. The van der Waals surface area contributed by atoms with Gasteiger partial charge >= 0.3 is 5.97 Å². The Bertz CT molecular complexity index is 1550. The van der Waals surface area contributed by atoms with E-state index >= 15 is 0 Å². The highest BCUT2D eigenvalue weighted by atomic mass is 16.5. The number of rotatable bonds is 11. The van der Waals surface area contributed by atoms with E-state index in [0.717, 1.165) is 5.57 Å². The SMILES string of the molecule is CC12C(=O)N(c3ccccc3)C(=O)C1CC1C(=CCC3C(=O)N(CCCCCC(=O)O)C(=O)C31)C2c1ccccc1OCCO. The molecule has 2 aliphatic carbocycles. The minimum Gasteiger partial charge on any atom is -0.491 e. The fourth-order valence-corrected chi connectivity index (χ4v) is 8.20. The molecule has 45 heavy (non-hydrogen) atoms. The predicted molar refractivity (Wildman–Crippen MR) is 163 cm³/mol. The first-order valence-electron chi connectivity index (χ1n) is 15.7. The molecular weight excluding hydrogens is 576 g/mol. The number of aliphatic hydroxyl groups is 1. The Kier molecular flexibility index (Phi) is 8.35. The molecule has 10 heteroatoms. The second-order valence-corrected chi connectivity index (χ2v) is 12.6. The molecule has 2 aromatic carbocycles. The van der Waals surface area contributed by atoms with E-state index in [-0.39, 0.29) is 56.2 Å². The number of para-hydroxylation sites is 2. The molecule has 6 atom stereocenters. The zero-order valence-electron chi connectivity index (χ0n) is 25.3. The highest BCUT2D eigenvalue weighted by Gasteiger charge is 2.67. The summed E-state index contributed by atoms with van der Waals surface area (Å²) in [6, 6.07) is 16.2. The monoisotopic (exact) mass is 614 g/mol. The van der Waals surface area contributed by atoms with Gasteiger partial charge in [-0.25, -0.2) is 4.90 Å². The summed E-state index contributed by atoms with van der Waals surface area (Å²) in [6.07, 6.45) is 4.24. The van der Waals surface area contributed by atoms with Crippen LogP contribution in [0, 0.1) is 29.1 Å². The van der Waals surface area contributed by atoms with Crippen LogP contribution in [0.15, 0.2) is 66.2 Å². The zero-order chi connectivity index (χ0) is 31.9. The van der Waals surface area contributed by atoms with Crippen LogP contribution in [0.1, 0.15) is 56.9 Å². The molecule has 3 fully saturated rings. The largest absolute Gasteiger partial charge is 0.491 e. The highest BCUT2D eigenvalue weighted by molar-refractivity contribution is 6.24. The van der Waals surface area contributed by atoms with Crippen molar-refractivity contribution in [1.29, 1.82) is 0 Å². The van der Waals surface area contributed by atoms with Gasteiger partial charge in [0.05, 0.1) is 35.5 Å². The summed E-state index contributed by atoms with van der Waals surface area (Å²) in [5, 5.41) is 18.4. The van der Waals surface area contributed by atoms with Gasteiger partial charge in [0.25, 0.3) is 0 Å². The van der Waals surface area contributed by atoms with Gasteiger partial charge in [-0.05, 0) is 56.7 Å². The molecular formula is C35H38N2O8. The number of amides is 4. The van der Waals surface area contributed by atoms with Crippen LogP contribution in [0.2, 0.25) is 0 Å². The normalized spacial score (nSPS) is 28.9. The molecule has 1 saturated carbocycles. The van der Waals surface area contributed by atoms with E-state index in [9.17, 15) is 29.1 Å². The molecule has 0 spiro atoms. The predicted octanol–water partition coefficient (Wildman–Crippen LogP) is 3.93. The maximum atomic E-state index is 14.5. The number of ether oxygens (including phenoxy) is 1. The van der Waals surface area contributed by atoms with E-state index < -0.39 is 41.0 Å². The van der Waals surface area contributed by atoms with Gasteiger partial charge in [-0.3, -0.25) is 28.9 Å². The van der Waals surface area contributed by atoms with Gasteiger partial charge in [0.1, 0.15) is 12.4 Å². The Morgan fingerprint density at radius 3 is 2.40 bits per heavy atom. The number of nitrogens with zero attached hydrogens (tertiary/aromatic N) is 2. The number of hydrogen-bond donors (Lipinski definition) is 2. The average molecular weight is 615 g/mol. The third-order valence-electron chi connectivity index (χ3n) is 10.2. The Morgan fingerprint density at radius 1 is 0.933 bits per heavy atom. The summed E-state index contributed by atoms with van der Waals surface area (Å²) >= 11 is 0. The van der Waals surface area contributed by atoms with Crippen LogP contribution in [0.4, 0.5) is 5.69 Å². The first-order valence-corrected chi connectivity index (χ1v) is 15.7. The van der Waals surface area contributed by atoms with Gasteiger partial charge in [-0.15, -0.1) is 0 Å². The second-order valence-electron chi connectivity index (χ2n) is 12.6. The third kappa shape index (κ3) is 5.05. The van der Waals surface area contributed by atoms with Crippen LogP contribution >= 0.6 is 0 Å². The standard InChI is InChI=1S/C35H38N2O8/c1-35-26(32(42)37(34(35)44)21-10-4-2-5-11-21)20-25-22(30(35)23-12-7-8-13-27(23)45-19-18-38)15-16-24-29(25)33(43)36(31(24)41)17-9-3-6-14-28(39)40/h2,4-5,7-8,10-13,15,24-26,29-30,38H,3,6,9,14,16-20H2,1H3,(H,39,40). The number of aliphatic hydroxyl groups excluding tert-OH is 1. The van der Waals surface area contributed by atoms with Gasteiger partial charge in [0, 0.05) is 24.4 Å². The maximum Gasteiger partial charge on any atom is 0.303 e. The summed E-state index contributed by atoms with van der Waals surface area (Å²) in [7, 11) is 0. The van der Waals surface area contributed by atoms with E-state index in [1.54, 1.807) is 30.3 Å². The molecule has 2 N–H and O–H groups in total. The summed E-state index contributed by atoms with van der Waals surface area (Å²) in [5.74, 6) is -4.47. The molecule has 4 aliphatic rings. The molecule has 0 radical (unpaired) electrons. The van der Waals surface area contributed by atoms with Gasteiger partial charge in [0.2, 0.25) is 23.6 Å². The van der Waals surface area contributed by atoms with Crippen molar-refractivity contribution in [2.75, 3.05) is 24.7 Å². The number of allylic oxidation sites excluding steroid dienone is 2. The maximum absolute atomic E-state index is 14.5. The number of anilines is 1. The zero-order valence-corrected chi connectivity index (χ0v) is 25.3. The van der Waals surface area contributed by atoms with E-state index in [2.05, 4.69) is 0 Å². The Morgan fingerprint density at radius 2 is 1.67 bits per heavy atom. The Balaban J connectivity index is 1.40. The fraction of sp³-hybridized carbons (Fsp3) is 0.457. The number of carboxylic acid groups (broad SMARTS) is 1. The van der Waals surface area contributed by atoms with Crippen molar-refractivity contribution in [3.8, 4) is 5.75 Å². The molecule has 2 saturated heterocycles. The lowest BCUT2D eigenvalue weighted by Gasteiger charge is -2.49. The number of unbranched alkanes of at least 4 members (excludes halogenated alkanes) is 2. The van der Waals surface area contributed by atoms with Crippen molar-refractivity contribution in [3.63, 3.8) is 0 Å². The minimum absolute atomic E-state index is 0.0419. The molecule has 10 nitrogen and oxygen atoms in total. The molecule has 236 valence electrons. The number of fused-ring (bicyclic) bond motifs is 4. The number of imide groups is 2. The number of carboxylic acids is 1. The number of benzene rings is 2. The van der Waals surface area contributed by atoms with Crippen LogP contribution in [-0.2, 0) is 24.0 Å². The summed E-state index contributed by atoms with van der Waals surface area (Å²) in [6.45, 7) is 1.92. The lowest BCUT2D eigenvalue weighted by Crippen LogP contribution is -2.49. The van der Waals surface area contributed by atoms with E-state index in [4.69, 9.17) is 9.84 Å². The van der Waals surface area contributed by atoms with Crippen molar-refractivity contribution in [3.05, 3.63) is 71.8 Å². The third-order valence-corrected chi connectivity index (χ3v) is 10.2. The van der Waals surface area contributed by atoms with Gasteiger partial charge in [0.15, 0.2) is 0 Å². The minimum atomic E-state index is -1.18. The number of aliphatic carboxylic acids is 1. The van der Waals surface area contributed by atoms with Crippen molar-refractivity contribution in [1.82, 2.24) is 4.90 Å². The van der Waals surface area contributed by atoms with Crippen LogP contribution < -0.4 is 9.64 Å². The smallest absolute Gasteiger partial charge is 0.303 e. The van der Waals surface area contributed by atoms with Gasteiger partial charge in [-0.2, -0.15) is 0 Å². The van der Waals surface area contributed by atoms with Crippen molar-refractivity contribution in [2.24, 2.45) is 29.1 Å².